The van der Waals surface area contributed by atoms with Crippen LogP contribution in [0.2, 0.25) is 5.02 Å². The van der Waals surface area contributed by atoms with Gasteiger partial charge in [-0.1, -0.05) is 23.7 Å². The predicted molar refractivity (Wildman–Crippen MR) is 66.8 cm³/mol. The van der Waals surface area contributed by atoms with Crippen LogP contribution in [0.15, 0.2) is 36.7 Å². The molecule has 4 heteroatoms. The normalized spacial score (nSPS) is 12.1. The number of aromatic nitrogens is 2. The van der Waals surface area contributed by atoms with Crippen molar-refractivity contribution in [2.24, 2.45) is 0 Å². The molecule has 0 N–H and O–H groups in total. The maximum absolute atomic E-state index is 8.91. The van der Waals surface area contributed by atoms with Crippen LogP contribution in [0.4, 0.5) is 0 Å². The minimum absolute atomic E-state index is 0.0765. The van der Waals surface area contributed by atoms with Crippen LogP contribution < -0.4 is 0 Å². The van der Waals surface area contributed by atoms with E-state index in [1.54, 1.807) is 6.20 Å². The monoisotopic (exact) mass is 245 g/mol. The van der Waals surface area contributed by atoms with Crippen molar-refractivity contribution < 1.29 is 0 Å². The smallest absolute Gasteiger partial charge is 0.0898 e. The molecule has 1 unspecified atom stereocenters. The van der Waals surface area contributed by atoms with E-state index >= 15 is 0 Å². The van der Waals surface area contributed by atoms with Crippen LogP contribution in [0, 0.1) is 18.3 Å². The largest absolute Gasteiger partial charge is 0.264 e. The highest BCUT2D eigenvalue weighted by atomic mass is 35.5. The molecule has 0 radical (unpaired) electrons. The van der Waals surface area contributed by atoms with E-state index in [1.807, 2.05) is 42.1 Å². The van der Waals surface area contributed by atoms with Gasteiger partial charge in [0.05, 0.1) is 24.7 Å². The molecular weight excluding hydrogens is 234 g/mol. The average Bonchev–Trinajstić information content (AvgIpc) is 2.72. The van der Waals surface area contributed by atoms with Gasteiger partial charge in [0, 0.05) is 11.2 Å². The molecule has 1 aromatic heterocycles. The summed E-state index contributed by atoms with van der Waals surface area (Å²) in [5.41, 5.74) is 2.08. The van der Waals surface area contributed by atoms with Crippen molar-refractivity contribution in [3.63, 3.8) is 0 Å². The second-order valence-corrected chi connectivity index (χ2v) is 4.37. The molecule has 2 rings (SSSR count). The summed E-state index contributed by atoms with van der Waals surface area (Å²) in [6.07, 6.45) is 4.10. The first-order chi connectivity index (χ1) is 8.20. The first kappa shape index (κ1) is 11.7. The standard InChI is InChI=1S/C13H12ClN3/c1-10-8-16-17(9-10)13(5-6-15)11-3-2-4-12(14)7-11/h2-4,7-9,13H,5H2,1H3. The van der Waals surface area contributed by atoms with Gasteiger partial charge in [0.2, 0.25) is 0 Å². The maximum atomic E-state index is 8.91. The summed E-state index contributed by atoms with van der Waals surface area (Å²) in [6.45, 7) is 1.98. The van der Waals surface area contributed by atoms with Crippen molar-refractivity contribution in [2.45, 2.75) is 19.4 Å². The fraction of sp³-hybridized carbons (Fsp3) is 0.231. The molecule has 0 fully saturated rings. The van der Waals surface area contributed by atoms with Crippen molar-refractivity contribution in [3.05, 3.63) is 52.8 Å². The molecule has 3 nitrogen and oxygen atoms in total. The van der Waals surface area contributed by atoms with Gasteiger partial charge in [-0.2, -0.15) is 10.4 Å². The number of nitrogens with zero attached hydrogens (tertiary/aromatic N) is 3. The van der Waals surface area contributed by atoms with Crippen LogP contribution in [-0.4, -0.2) is 9.78 Å². The zero-order valence-electron chi connectivity index (χ0n) is 9.47. The van der Waals surface area contributed by atoms with E-state index in [9.17, 15) is 0 Å². The molecule has 2 aromatic rings. The van der Waals surface area contributed by atoms with Gasteiger partial charge in [-0.05, 0) is 30.2 Å². The highest BCUT2D eigenvalue weighted by molar-refractivity contribution is 6.30. The lowest BCUT2D eigenvalue weighted by molar-refractivity contribution is 0.532. The third-order valence-corrected chi connectivity index (χ3v) is 2.80. The van der Waals surface area contributed by atoms with Crippen LogP contribution in [-0.2, 0) is 0 Å². The van der Waals surface area contributed by atoms with Crippen LogP contribution in [0.1, 0.15) is 23.6 Å². The Balaban J connectivity index is 2.39. The number of hydrogen-bond donors (Lipinski definition) is 0. The zero-order chi connectivity index (χ0) is 12.3. The second-order valence-electron chi connectivity index (χ2n) is 3.93. The van der Waals surface area contributed by atoms with Crippen molar-refractivity contribution in [1.82, 2.24) is 9.78 Å². The Morgan fingerprint density at radius 3 is 2.94 bits per heavy atom. The minimum atomic E-state index is -0.0765. The zero-order valence-corrected chi connectivity index (χ0v) is 10.2. The summed E-state index contributed by atoms with van der Waals surface area (Å²) in [5.74, 6) is 0. The molecular formula is C13H12ClN3. The fourth-order valence-electron chi connectivity index (χ4n) is 1.77. The van der Waals surface area contributed by atoms with Gasteiger partial charge in [0.15, 0.2) is 0 Å². The molecule has 1 aromatic carbocycles. The molecule has 0 saturated carbocycles. The lowest BCUT2D eigenvalue weighted by Gasteiger charge is -2.15. The molecule has 1 heterocycles. The molecule has 0 aliphatic heterocycles. The molecule has 0 aliphatic rings. The molecule has 1 atom stereocenters. The van der Waals surface area contributed by atoms with E-state index in [0.717, 1.165) is 11.1 Å². The first-order valence-corrected chi connectivity index (χ1v) is 5.71. The molecule has 0 amide bonds. The van der Waals surface area contributed by atoms with Crippen molar-refractivity contribution in [2.75, 3.05) is 0 Å². The second kappa shape index (κ2) is 5.03. The Hall–Kier alpha value is -1.79. The Morgan fingerprint density at radius 1 is 1.53 bits per heavy atom. The highest BCUT2D eigenvalue weighted by Crippen LogP contribution is 2.23. The SMILES string of the molecule is Cc1cnn(C(CC#N)c2cccc(Cl)c2)c1. The molecule has 86 valence electrons. The van der Waals surface area contributed by atoms with E-state index in [2.05, 4.69) is 11.2 Å². The quantitative estimate of drug-likeness (QED) is 0.832. The van der Waals surface area contributed by atoms with E-state index < -0.39 is 0 Å². The van der Waals surface area contributed by atoms with Gasteiger partial charge in [-0.3, -0.25) is 4.68 Å². The lowest BCUT2D eigenvalue weighted by atomic mass is 10.0. The van der Waals surface area contributed by atoms with Gasteiger partial charge in [0.1, 0.15) is 0 Å². The maximum Gasteiger partial charge on any atom is 0.0898 e. The number of halogens is 1. The summed E-state index contributed by atoms with van der Waals surface area (Å²) in [6, 6.07) is 9.66. The summed E-state index contributed by atoms with van der Waals surface area (Å²) in [4.78, 5) is 0. The number of benzene rings is 1. The average molecular weight is 246 g/mol. The Bertz CT molecular complexity index is 554. The first-order valence-electron chi connectivity index (χ1n) is 5.34. The van der Waals surface area contributed by atoms with E-state index in [4.69, 9.17) is 16.9 Å². The third kappa shape index (κ3) is 2.66. The van der Waals surface area contributed by atoms with Crippen molar-refractivity contribution in [1.29, 1.82) is 5.26 Å². The number of rotatable bonds is 3. The summed E-state index contributed by atoms with van der Waals surface area (Å²) in [7, 11) is 0. The van der Waals surface area contributed by atoms with Gasteiger partial charge in [-0.25, -0.2) is 0 Å². The summed E-state index contributed by atoms with van der Waals surface area (Å²) >= 11 is 5.97. The van der Waals surface area contributed by atoms with Gasteiger partial charge in [-0.15, -0.1) is 0 Å². The van der Waals surface area contributed by atoms with E-state index in [0.29, 0.717) is 11.4 Å². The van der Waals surface area contributed by atoms with E-state index in [1.165, 1.54) is 0 Å². The molecule has 0 spiro atoms. The van der Waals surface area contributed by atoms with E-state index in [-0.39, 0.29) is 6.04 Å². The van der Waals surface area contributed by atoms with Crippen LogP contribution in [0.5, 0.6) is 0 Å². The fourth-order valence-corrected chi connectivity index (χ4v) is 1.97. The van der Waals surface area contributed by atoms with Crippen molar-refractivity contribution >= 4 is 11.6 Å². The topological polar surface area (TPSA) is 41.6 Å². The minimum Gasteiger partial charge on any atom is -0.264 e. The van der Waals surface area contributed by atoms with Gasteiger partial charge < -0.3 is 0 Å². The molecule has 0 saturated heterocycles. The number of aryl methyl sites for hydroxylation is 1. The van der Waals surface area contributed by atoms with Crippen molar-refractivity contribution in [3.8, 4) is 6.07 Å². The number of nitriles is 1. The van der Waals surface area contributed by atoms with Crippen LogP contribution >= 0.6 is 11.6 Å². The van der Waals surface area contributed by atoms with Crippen LogP contribution in [0.25, 0.3) is 0 Å². The molecule has 0 bridgehead atoms. The molecule has 17 heavy (non-hydrogen) atoms. The van der Waals surface area contributed by atoms with Crippen LogP contribution in [0.3, 0.4) is 0 Å². The Morgan fingerprint density at radius 2 is 2.35 bits per heavy atom. The summed E-state index contributed by atoms with van der Waals surface area (Å²) < 4.78 is 1.81. The Kier molecular flexibility index (Phi) is 3.46. The van der Waals surface area contributed by atoms with Gasteiger partial charge in [0.25, 0.3) is 0 Å². The lowest BCUT2D eigenvalue weighted by Crippen LogP contribution is -2.10. The molecule has 0 aliphatic carbocycles. The third-order valence-electron chi connectivity index (χ3n) is 2.57. The highest BCUT2D eigenvalue weighted by Gasteiger charge is 2.14. The van der Waals surface area contributed by atoms with Gasteiger partial charge >= 0.3 is 0 Å². The summed E-state index contributed by atoms with van der Waals surface area (Å²) in [5, 5.41) is 13.8. The predicted octanol–water partition coefficient (Wildman–Crippen LogP) is 3.35. The Labute approximate surface area is 105 Å². The number of hydrogen-bond acceptors (Lipinski definition) is 2.